The summed E-state index contributed by atoms with van der Waals surface area (Å²) < 4.78 is 0. The molecule has 192 valence electrons. The predicted molar refractivity (Wildman–Crippen MR) is 152 cm³/mol. The van der Waals surface area contributed by atoms with E-state index < -0.39 is 17.6 Å². The van der Waals surface area contributed by atoms with E-state index >= 15 is 0 Å². The Morgan fingerprint density at radius 3 is 2.00 bits per heavy atom. The summed E-state index contributed by atoms with van der Waals surface area (Å²) in [6.07, 6.45) is 0.272. The van der Waals surface area contributed by atoms with Crippen LogP contribution >= 0.6 is 0 Å². The van der Waals surface area contributed by atoms with Crippen LogP contribution in [0.25, 0.3) is 10.8 Å². The maximum absolute atomic E-state index is 14.0. The molecule has 1 N–H and O–H groups in total. The van der Waals surface area contributed by atoms with Gasteiger partial charge in [-0.3, -0.25) is 4.79 Å². The fourth-order valence-corrected chi connectivity index (χ4v) is 5.43. The lowest BCUT2D eigenvalue weighted by atomic mass is 9.79. The molecule has 0 spiro atoms. The Labute approximate surface area is 227 Å². The van der Waals surface area contributed by atoms with E-state index in [-0.39, 0.29) is 12.3 Å². The Morgan fingerprint density at radius 2 is 1.31 bits per heavy atom. The molecule has 5 heteroatoms. The van der Waals surface area contributed by atoms with Gasteiger partial charge in [0, 0.05) is 12.0 Å². The maximum atomic E-state index is 14.0. The topological polar surface area (TPSA) is 58.6 Å². The van der Waals surface area contributed by atoms with E-state index in [1.165, 1.54) is 0 Å². The van der Waals surface area contributed by atoms with Gasteiger partial charge in [0.25, 0.3) is 5.91 Å². The lowest BCUT2D eigenvalue weighted by Crippen LogP contribution is -2.57. The number of carbonyl (C=O) groups excluding carboxylic acids is 2. The summed E-state index contributed by atoms with van der Waals surface area (Å²) in [6.45, 7) is 0.377. The molecular formula is C34H28N2O3. The maximum Gasteiger partial charge on any atom is 0.353 e. The zero-order valence-electron chi connectivity index (χ0n) is 21.4. The van der Waals surface area contributed by atoms with E-state index in [2.05, 4.69) is 29.6 Å². The van der Waals surface area contributed by atoms with Gasteiger partial charge in [0.05, 0.1) is 6.54 Å². The predicted octanol–water partition coefficient (Wildman–Crippen LogP) is 6.27. The minimum Gasteiger partial charge on any atom is -0.365 e. The summed E-state index contributed by atoms with van der Waals surface area (Å²) in [5, 5.41) is 7.04. The molecule has 39 heavy (non-hydrogen) atoms. The fourth-order valence-electron chi connectivity index (χ4n) is 5.43. The van der Waals surface area contributed by atoms with Gasteiger partial charge in [0.2, 0.25) is 0 Å². The first kappa shape index (κ1) is 24.6. The third kappa shape index (κ3) is 4.92. The highest BCUT2D eigenvalue weighted by molar-refractivity contribution is 5.99. The van der Waals surface area contributed by atoms with Crippen LogP contribution < -0.4 is 5.32 Å². The summed E-state index contributed by atoms with van der Waals surface area (Å²) in [4.78, 5) is 33.7. The Morgan fingerprint density at radius 1 is 0.718 bits per heavy atom. The van der Waals surface area contributed by atoms with Crippen LogP contribution in [0.5, 0.6) is 0 Å². The van der Waals surface area contributed by atoms with Gasteiger partial charge < -0.3 is 10.2 Å². The fraction of sp³-hybridized carbons (Fsp3) is 0.118. The largest absolute Gasteiger partial charge is 0.365 e. The molecule has 0 bridgehead atoms. The third-order valence-electron chi connectivity index (χ3n) is 7.29. The molecule has 1 aliphatic rings. The number of nitrogens with zero attached hydrogens (tertiary/aromatic N) is 1. The molecule has 1 saturated heterocycles. The van der Waals surface area contributed by atoms with Crippen molar-refractivity contribution in [1.29, 1.82) is 0 Å². The van der Waals surface area contributed by atoms with Crippen molar-refractivity contribution in [2.24, 2.45) is 0 Å². The van der Waals surface area contributed by atoms with Gasteiger partial charge in [0.1, 0.15) is 6.04 Å². The quantitative estimate of drug-likeness (QED) is 0.279. The van der Waals surface area contributed by atoms with Crippen molar-refractivity contribution >= 4 is 22.6 Å². The van der Waals surface area contributed by atoms with Crippen LogP contribution in [0.1, 0.15) is 33.1 Å². The van der Waals surface area contributed by atoms with Crippen LogP contribution in [0, 0.1) is 0 Å². The molecule has 0 aliphatic carbocycles. The first-order chi connectivity index (χ1) is 19.1. The van der Waals surface area contributed by atoms with Crippen LogP contribution in [0.15, 0.2) is 133 Å². The Balaban J connectivity index is 1.51. The summed E-state index contributed by atoms with van der Waals surface area (Å²) >= 11 is 0. The van der Waals surface area contributed by atoms with Crippen molar-refractivity contribution in [1.82, 2.24) is 10.4 Å². The molecule has 5 nitrogen and oxygen atoms in total. The Hall–Kier alpha value is -4.74. The molecule has 1 fully saturated rings. The first-order valence-corrected chi connectivity index (χ1v) is 13.1. The average Bonchev–Trinajstić information content (AvgIpc) is 3.23. The number of hydrogen-bond donors (Lipinski definition) is 1. The zero-order chi connectivity index (χ0) is 26.7. The highest BCUT2D eigenvalue weighted by Crippen LogP contribution is 2.43. The van der Waals surface area contributed by atoms with Crippen LogP contribution in [0.3, 0.4) is 0 Å². The van der Waals surface area contributed by atoms with E-state index in [1.807, 2.05) is 97.1 Å². The average molecular weight is 513 g/mol. The summed E-state index contributed by atoms with van der Waals surface area (Å²) in [7, 11) is 0. The molecule has 6 rings (SSSR count). The number of rotatable bonds is 7. The number of carbonyl (C=O) groups is 2. The molecule has 0 saturated carbocycles. The second-order valence-corrected chi connectivity index (χ2v) is 9.90. The molecule has 5 aromatic carbocycles. The van der Waals surface area contributed by atoms with Crippen molar-refractivity contribution < 1.29 is 14.4 Å². The van der Waals surface area contributed by atoms with Gasteiger partial charge >= 0.3 is 5.97 Å². The van der Waals surface area contributed by atoms with E-state index in [0.29, 0.717) is 12.1 Å². The number of nitrogens with one attached hydrogen (secondary N) is 1. The van der Waals surface area contributed by atoms with Crippen LogP contribution in [0.4, 0.5) is 0 Å². The third-order valence-corrected chi connectivity index (χ3v) is 7.29. The highest BCUT2D eigenvalue weighted by Gasteiger charge is 2.58. The molecule has 1 heterocycles. The number of hydroxylamine groups is 2. The van der Waals surface area contributed by atoms with E-state index in [1.54, 1.807) is 17.2 Å². The summed E-state index contributed by atoms with van der Waals surface area (Å²) in [6, 6.07) is 42.4. The van der Waals surface area contributed by atoms with E-state index in [4.69, 9.17) is 4.84 Å². The van der Waals surface area contributed by atoms with Crippen molar-refractivity contribution in [2.45, 2.75) is 24.5 Å². The highest BCUT2D eigenvalue weighted by atomic mass is 16.7. The Bertz CT molecular complexity index is 1610. The van der Waals surface area contributed by atoms with Gasteiger partial charge in [-0.15, -0.1) is 5.06 Å². The number of fused-ring (bicyclic) bond motifs is 1. The number of benzene rings is 5. The van der Waals surface area contributed by atoms with E-state index in [0.717, 1.165) is 27.5 Å². The minimum absolute atomic E-state index is 0.272. The molecular weight excluding hydrogens is 484 g/mol. The number of amides is 1. The number of hydrogen-bond acceptors (Lipinski definition) is 4. The van der Waals surface area contributed by atoms with Gasteiger partial charge in [-0.2, -0.15) is 0 Å². The lowest BCUT2D eigenvalue weighted by molar-refractivity contribution is -0.178. The van der Waals surface area contributed by atoms with Gasteiger partial charge in [0.15, 0.2) is 5.54 Å². The SMILES string of the molecule is O=C(N[C@]1(Cc2ccccc2)C(=O)ON(Cc2ccccc2)[C@H]1c1ccc2ccccc2c1)c1ccccc1. The van der Waals surface area contributed by atoms with Crippen molar-refractivity contribution in [3.63, 3.8) is 0 Å². The van der Waals surface area contributed by atoms with Crippen LogP contribution in [-0.4, -0.2) is 22.5 Å². The summed E-state index contributed by atoms with van der Waals surface area (Å²) in [5.41, 5.74) is 1.93. The smallest absolute Gasteiger partial charge is 0.353 e. The summed E-state index contributed by atoms with van der Waals surface area (Å²) in [5.74, 6) is -0.805. The van der Waals surface area contributed by atoms with Crippen molar-refractivity contribution in [3.05, 3.63) is 156 Å². The zero-order valence-corrected chi connectivity index (χ0v) is 21.4. The molecule has 0 unspecified atom stereocenters. The van der Waals surface area contributed by atoms with E-state index in [9.17, 15) is 9.59 Å². The molecule has 0 radical (unpaired) electrons. The van der Waals surface area contributed by atoms with Crippen LogP contribution in [0.2, 0.25) is 0 Å². The molecule has 2 atom stereocenters. The molecule has 5 aromatic rings. The van der Waals surface area contributed by atoms with Crippen molar-refractivity contribution in [3.8, 4) is 0 Å². The Kier molecular flexibility index (Phi) is 6.66. The molecule has 1 aliphatic heterocycles. The second-order valence-electron chi connectivity index (χ2n) is 9.90. The van der Waals surface area contributed by atoms with Gasteiger partial charge in [-0.25, -0.2) is 4.79 Å². The van der Waals surface area contributed by atoms with Crippen LogP contribution in [-0.2, 0) is 22.6 Å². The molecule has 0 aromatic heterocycles. The van der Waals surface area contributed by atoms with Gasteiger partial charge in [-0.1, -0.05) is 115 Å². The standard InChI is InChI=1S/C34H28N2O3/c37-32(28-17-8-3-9-18-28)35-34(23-25-12-4-1-5-13-25)31(30-21-20-27-16-10-11-19-29(27)22-30)36(39-33(34)38)24-26-14-6-2-7-15-26/h1-22,31H,23-24H2,(H,35,37)/t31-,34-/m0/s1. The van der Waals surface area contributed by atoms with Gasteiger partial charge in [-0.05, 0) is 45.7 Å². The van der Waals surface area contributed by atoms with Crippen molar-refractivity contribution in [2.75, 3.05) is 0 Å². The lowest BCUT2D eigenvalue weighted by Gasteiger charge is -2.34. The monoisotopic (exact) mass is 512 g/mol. The second kappa shape index (κ2) is 10.6. The molecule has 1 amide bonds. The normalized spacial score (nSPS) is 19.1. The minimum atomic E-state index is -1.37. The first-order valence-electron chi connectivity index (χ1n) is 13.1.